The maximum Gasteiger partial charge on any atom is 0.303 e. The van der Waals surface area contributed by atoms with Crippen LogP contribution in [0.3, 0.4) is 0 Å². The second-order valence-corrected chi connectivity index (χ2v) is 4.40. The lowest BCUT2D eigenvalue weighted by atomic mass is 10.1. The van der Waals surface area contributed by atoms with E-state index in [0.717, 1.165) is 21.5 Å². The number of ether oxygens (including phenoxy) is 2. The van der Waals surface area contributed by atoms with Crippen LogP contribution in [0.1, 0.15) is 18.4 Å². The lowest BCUT2D eigenvalue weighted by Crippen LogP contribution is -1.99. The molecule has 0 atom stereocenters. The molecule has 0 heterocycles. The van der Waals surface area contributed by atoms with Crippen LogP contribution in [-0.2, 0) is 11.2 Å². The Morgan fingerprint density at radius 3 is 2.59 bits per heavy atom. The molecule has 0 unspecified atom stereocenters. The van der Waals surface area contributed by atoms with Gasteiger partial charge in [-0.2, -0.15) is 0 Å². The van der Waals surface area contributed by atoms with Crippen molar-refractivity contribution in [3.63, 3.8) is 0 Å². The molecule has 0 bridgehead atoms. The van der Waals surface area contributed by atoms with Gasteiger partial charge in [0.15, 0.2) is 0 Å². The number of rotatable bonds is 6. The van der Waals surface area contributed by atoms with E-state index in [1.807, 2.05) is 12.1 Å². The van der Waals surface area contributed by atoms with E-state index in [1.165, 1.54) is 0 Å². The number of hydrogen-bond donors (Lipinski definition) is 1. The van der Waals surface area contributed by atoms with E-state index in [4.69, 9.17) is 14.6 Å². The summed E-state index contributed by atoms with van der Waals surface area (Å²) in [6.45, 7) is 0. The number of aryl methyl sites for hydroxylation is 1. The van der Waals surface area contributed by atoms with Gasteiger partial charge in [-0.1, -0.05) is 0 Å². The van der Waals surface area contributed by atoms with Crippen molar-refractivity contribution in [2.75, 3.05) is 14.2 Å². The molecule has 1 N–H and O–H groups in total. The van der Waals surface area contributed by atoms with Gasteiger partial charge in [0, 0.05) is 6.42 Å². The molecule has 0 saturated carbocycles. The molecule has 0 spiro atoms. The van der Waals surface area contributed by atoms with Crippen LogP contribution in [0, 0.1) is 0 Å². The van der Waals surface area contributed by atoms with Gasteiger partial charge in [-0.3, -0.25) is 4.79 Å². The number of methoxy groups -OCH3 is 2. The third-order valence-electron chi connectivity index (χ3n) is 2.37. The van der Waals surface area contributed by atoms with E-state index >= 15 is 0 Å². The van der Waals surface area contributed by atoms with Gasteiger partial charge < -0.3 is 14.6 Å². The number of carbonyl (C=O) groups is 1. The summed E-state index contributed by atoms with van der Waals surface area (Å²) >= 11 is 3.40. The molecule has 0 aromatic heterocycles. The van der Waals surface area contributed by atoms with Crippen LogP contribution in [-0.4, -0.2) is 25.3 Å². The van der Waals surface area contributed by atoms with Crippen LogP contribution in [0.25, 0.3) is 0 Å². The zero-order valence-electron chi connectivity index (χ0n) is 9.83. The summed E-state index contributed by atoms with van der Waals surface area (Å²) in [7, 11) is 3.18. The monoisotopic (exact) mass is 302 g/mol. The Balaban J connectivity index is 2.87. The molecular formula is C12H15BrO4. The lowest BCUT2D eigenvalue weighted by Gasteiger charge is -2.12. The first-order chi connectivity index (χ1) is 8.08. The van der Waals surface area contributed by atoms with E-state index in [9.17, 15) is 4.79 Å². The summed E-state index contributed by atoms with van der Waals surface area (Å²) in [5.74, 6) is 0.671. The number of carboxylic acids is 1. The fourth-order valence-electron chi connectivity index (χ4n) is 1.58. The highest BCUT2D eigenvalue weighted by Crippen LogP contribution is 2.34. The fraction of sp³-hybridized carbons (Fsp3) is 0.417. The van der Waals surface area contributed by atoms with E-state index in [-0.39, 0.29) is 6.42 Å². The van der Waals surface area contributed by atoms with Crippen molar-refractivity contribution in [3.05, 3.63) is 22.2 Å². The molecule has 17 heavy (non-hydrogen) atoms. The molecule has 94 valence electrons. The van der Waals surface area contributed by atoms with Crippen LogP contribution in [0.5, 0.6) is 11.5 Å². The molecule has 1 aromatic carbocycles. The van der Waals surface area contributed by atoms with Crippen molar-refractivity contribution in [2.45, 2.75) is 19.3 Å². The SMILES string of the molecule is COc1cc(Br)c(OC)c(CCCC(=O)O)c1. The summed E-state index contributed by atoms with van der Waals surface area (Å²) in [5.41, 5.74) is 0.944. The van der Waals surface area contributed by atoms with Gasteiger partial charge in [0.05, 0.1) is 18.7 Å². The molecule has 1 rings (SSSR count). The largest absolute Gasteiger partial charge is 0.497 e. The molecule has 1 aromatic rings. The predicted octanol–water partition coefficient (Wildman–Crippen LogP) is 2.87. The van der Waals surface area contributed by atoms with Crippen LogP contribution in [0.4, 0.5) is 0 Å². The number of hydrogen-bond acceptors (Lipinski definition) is 3. The van der Waals surface area contributed by atoms with Crippen molar-refractivity contribution < 1.29 is 19.4 Å². The van der Waals surface area contributed by atoms with Gasteiger partial charge in [-0.15, -0.1) is 0 Å². The van der Waals surface area contributed by atoms with Gasteiger partial charge in [-0.05, 0) is 46.5 Å². The topological polar surface area (TPSA) is 55.8 Å². The van der Waals surface area contributed by atoms with Crippen molar-refractivity contribution in [1.29, 1.82) is 0 Å². The summed E-state index contributed by atoms with van der Waals surface area (Å²) in [6.07, 6.45) is 1.37. The number of aliphatic carboxylic acids is 1. The first kappa shape index (κ1) is 13.8. The Kier molecular flexibility index (Phi) is 5.28. The van der Waals surface area contributed by atoms with E-state index in [1.54, 1.807) is 14.2 Å². The van der Waals surface area contributed by atoms with Crippen molar-refractivity contribution in [3.8, 4) is 11.5 Å². The molecule has 5 heteroatoms. The quantitative estimate of drug-likeness (QED) is 0.878. The van der Waals surface area contributed by atoms with E-state index in [2.05, 4.69) is 15.9 Å². The number of benzene rings is 1. The molecule has 4 nitrogen and oxygen atoms in total. The minimum Gasteiger partial charge on any atom is -0.497 e. The van der Waals surface area contributed by atoms with Crippen LogP contribution < -0.4 is 9.47 Å². The minimum absolute atomic E-state index is 0.151. The third-order valence-corrected chi connectivity index (χ3v) is 2.96. The van der Waals surface area contributed by atoms with Crippen molar-refractivity contribution in [1.82, 2.24) is 0 Å². The molecule has 0 aliphatic carbocycles. The molecule has 0 radical (unpaired) electrons. The minimum atomic E-state index is -0.786. The van der Waals surface area contributed by atoms with Crippen LogP contribution in [0.15, 0.2) is 16.6 Å². The van der Waals surface area contributed by atoms with Crippen LogP contribution >= 0.6 is 15.9 Å². The Labute approximate surface area is 109 Å². The molecule has 0 fully saturated rings. The van der Waals surface area contributed by atoms with E-state index in [0.29, 0.717) is 12.8 Å². The van der Waals surface area contributed by atoms with Crippen molar-refractivity contribution >= 4 is 21.9 Å². The molecule has 0 aliphatic rings. The average Bonchev–Trinajstić information content (AvgIpc) is 2.28. The van der Waals surface area contributed by atoms with E-state index < -0.39 is 5.97 Å². The molecule has 0 saturated heterocycles. The summed E-state index contributed by atoms with van der Waals surface area (Å²) in [4.78, 5) is 10.5. The number of carboxylic acid groups (broad SMARTS) is 1. The summed E-state index contributed by atoms with van der Waals surface area (Å²) in [5, 5.41) is 8.61. The molecule has 0 amide bonds. The van der Waals surface area contributed by atoms with Gasteiger partial charge >= 0.3 is 5.97 Å². The first-order valence-electron chi connectivity index (χ1n) is 5.20. The highest BCUT2D eigenvalue weighted by Gasteiger charge is 2.10. The van der Waals surface area contributed by atoms with Crippen LogP contribution in [0.2, 0.25) is 0 Å². The Morgan fingerprint density at radius 2 is 2.06 bits per heavy atom. The second-order valence-electron chi connectivity index (χ2n) is 3.55. The smallest absolute Gasteiger partial charge is 0.303 e. The first-order valence-corrected chi connectivity index (χ1v) is 6.00. The molecular weight excluding hydrogens is 288 g/mol. The maximum atomic E-state index is 10.5. The third kappa shape index (κ3) is 3.93. The average molecular weight is 303 g/mol. The number of halogens is 1. The van der Waals surface area contributed by atoms with Crippen molar-refractivity contribution in [2.24, 2.45) is 0 Å². The van der Waals surface area contributed by atoms with Gasteiger partial charge in [-0.25, -0.2) is 0 Å². The fourth-order valence-corrected chi connectivity index (χ4v) is 2.23. The van der Waals surface area contributed by atoms with Gasteiger partial charge in [0.1, 0.15) is 11.5 Å². The normalized spacial score (nSPS) is 10.1. The Morgan fingerprint density at radius 1 is 1.35 bits per heavy atom. The second kappa shape index (κ2) is 6.49. The predicted molar refractivity (Wildman–Crippen MR) is 67.8 cm³/mol. The Hall–Kier alpha value is -1.23. The standard InChI is InChI=1S/C12H15BrO4/c1-16-9-6-8(4-3-5-11(14)15)12(17-2)10(13)7-9/h6-7H,3-5H2,1-2H3,(H,14,15). The Bertz CT molecular complexity index is 404. The zero-order valence-corrected chi connectivity index (χ0v) is 11.4. The van der Waals surface area contributed by atoms with Gasteiger partial charge in [0.25, 0.3) is 0 Å². The highest BCUT2D eigenvalue weighted by molar-refractivity contribution is 9.10. The molecule has 0 aliphatic heterocycles. The summed E-state index contributed by atoms with van der Waals surface area (Å²) < 4.78 is 11.3. The maximum absolute atomic E-state index is 10.5. The highest BCUT2D eigenvalue weighted by atomic mass is 79.9. The zero-order chi connectivity index (χ0) is 12.8. The lowest BCUT2D eigenvalue weighted by molar-refractivity contribution is -0.137. The summed E-state index contributed by atoms with van der Waals surface area (Å²) in [6, 6.07) is 3.69. The van der Waals surface area contributed by atoms with Gasteiger partial charge in [0.2, 0.25) is 0 Å².